The predicted molar refractivity (Wildman–Crippen MR) is 87.8 cm³/mol. The van der Waals surface area contributed by atoms with Crippen LogP contribution in [0, 0.1) is 18.3 Å². The zero-order valence-electron chi connectivity index (χ0n) is 14.4. The van der Waals surface area contributed by atoms with Crippen molar-refractivity contribution >= 4 is 22.2 Å². The first-order valence-corrected chi connectivity index (χ1v) is 8.49. The predicted octanol–water partition coefficient (Wildman–Crippen LogP) is 4.75. The zero-order valence-corrected chi connectivity index (χ0v) is 15.2. The molecule has 12 heteroatoms. The van der Waals surface area contributed by atoms with Crippen molar-refractivity contribution in [3.05, 3.63) is 40.2 Å². The van der Waals surface area contributed by atoms with E-state index >= 15 is 0 Å². The summed E-state index contributed by atoms with van der Waals surface area (Å²) in [4.78, 5) is 12.4. The van der Waals surface area contributed by atoms with E-state index < -0.39 is 34.7 Å². The molecule has 2 heterocycles. The van der Waals surface area contributed by atoms with Crippen molar-refractivity contribution in [2.45, 2.75) is 38.3 Å². The van der Waals surface area contributed by atoms with Gasteiger partial charge in [0, 0.05) is 4.88 Å². The van der Waals surface area contributed by atoms with Gasteiger partial charge in [0.05, 0.1) is 11.8 Å². The first-order chi connectivity index (χ1) is 12.9. The summed E-state index contributed by atoms with van der Waals surface area (Å²) in [7, 11) is 0. The number of hydrogen-bond donors (Lipinski definition) is 2. The minimum absolute atomic E-state index is 0.233. The molecule has 0 fully saturated rings. The molecule has 2 N–H and O–H groups in total. The normalized spacial score (nSPS) is 12.5. The molecule has 0 radical (unpaired) electrons. The Bertz CT molecular complexity index is 879. The van der Waals surface area contributed by atoms with Crippen LogP contribution in [0.5, 0.6) is 0 Å². The number of anilines is 1. The van der Waals surface area contributed by atoms with Crippen LogP contribution in [-0.4, -0.2) is 23.9 Å². The summed E-state index contributed by atoms with van der Waals surface area (Å²) in [6, 6.07) is 3.67. The minimum atomic E-state index is -6.00. The molecule has 0 unspecified atom stereocenters. The van der Waals surface area contributed by atoms with Crippen LogP contribution < -0.4 is 10.6 Å². The molecule has 0 aliphatic rings. The molecule has 0 spiro atoms. The van der Waals surface area contributed by atoms with Crippen LogP contribution in [-0.2, 0) is 6.42 Å². The number of aryl methyl sites for hydroxylation is 1. The second-order valence-electron chi connectivity index (χ2n) is 5.61. The van der Waals surface area contributed by atoms with Crippen molar-refractivity contribution in [3.8, 4) is 6.07 Å². The van der Waals surface area contributed by atoms with E-state index in [9.17, 15) is 36.4 Å². The fraction of sp³-hybridized carbons (Fsp3) is 0.375. The van der Waals surface area contributed by atoms with E-state index in [4.69, 9.17) is 0 Å². The maximum atomic E-state index is 13.7. The number of thiophene rings is 1. The fourth-order valence-electron chi connectivity index (χ4n) is 2.50. The van der Waals surface area contributed by atoms with Gasteiger partial charge in [-0.3, -0.25) is 4.79 Å². The summed E-state index contributed by atoms with van der Waals surface area (Å²) in [6.07, 6.45) is -10.8. The van der Waals surface area contributed by atoms with E-state index in [-0.39, 0.29) is 12.0 Å². The number of alkyl halides is 6. The number of nitrogens with one attached hydrogen (secondary N) is 2. The molecular weight excluding hydrogens is 412 g/mol. The molecule has 0 saturated carbocycles. The molecule has 28 heavy (non-hydrogen) atoms. The van der Waals surface area contributed by atoms with E-state index in [0.29, 0.717) is 21.8 Å². The van der Waals surface area contributed by atoms with Crippen molar-refractivity contribution < 1.29 is 35.6 Å². The first-order valence-electron chi connectivity index (χ1n) is 7.68. The molecule has 0 saturated heterocycles. The van der Waals surface area contributed by atoms with Crippen LogP contribution in [0.3, 0.4) is 0 Å². The molecule has 2 aromatic rings. The molecule has 0 bridgehead atoms. The number of rotatable bonds is 5. The van der Waals surface area contributed by atoms with Crippen LogP contribution in [0.1, 0.15) is 33.5 Å². The second-order valence-corrected chi connectivity index (χ2v) is 6.83. The van der Waals surface area contributed by atoms with E-state index in [1.807, 2.05) is 0 Å². The maximum absolute atomic E-state index is 13.7. The molecule has 2 aromatic heterocycles. The fourth-order valence-corrected chi connectivity index (χ4v) is 3.65. The third kappa shape index (κ3) is 3.66. The van der Waals surface area contributed by atoms with E-state index in [1.54, 1.807) is 13.0 Å². The molecule has 2 rings (SSSR count). The Labute approximate surface area is 158 Å². The Morgan fingerprint density at radius 3 is 2.29 bits per heavy atom. The maximum Gasteiger partial charge on any atom is 0.439 e. The summed E-state index contributed by atoms with van der Waals surface area (Å²) in [5.74, 6) is -2.47. The lowest BCUT2D eigenvalue weighted by Gasteiger charge is -2.38. The van der Waals surface area contributed by atoms with Gasteiger partial charge in [-0.05, 0) is 31.0 Å². The van der Waals surface area contributed by atoms with Gasteiger partial charge in [-0.1, -0.05) is 6.92 Å². The molecule has 0 aromatic carbocycles. The Balaban J connectivity index is 2.62. The van der Waals surface area contributed by atoms with Crippen LogP contribution in [0.15, 0.2) is 22.8 Å². The Morgan fingerprint density at radius 2 is 1.86 bits per heavy atom. The number of nitrogens with zero attached hydrogens (tertiary/aromatic N) is 1. The van der Waals surface area contributed by atoms with Gasteiger partial charge in [0.1, 0.15) is 11.1 Å². The second kappa shape index (κ2) is 7.38. The average Bonchev–Trinajstić information content (AvgIpc) is 3.19. The molecule has 152 valence electrons. The van der Waals surface area contributed by atoms with Gasteiger partial charge in [0.15, 0.2) is 5.76 Å². The lowest BCUT2D eigenvalue weighted by molar-refractivity contribution is -0.294. The largest absolute Gasteiger partial charge is 0.459 e. The highest BCUT2D eigenvalue weighted by Crippen LogP contribution is 2.46. The SMILES string of the molecule is CCc1c(C)sc(NC(NC(=O)c2ccco2)(C(F)(F)F)C(F)(F)F)c1C#N. The first kappa shape index (κ1) is 21.6. The van der Waals surface area contributed by atoms with E-state index in [0.717, 1.165) is 23.7 Å². The summed E-state index contributed by atoms with van der Waals surface area (Å²) in [5.41, 5.74) is -4.85. The van der Waals surface area contributed by atoms with Crippen molar-refractivity contribution in [3.63, 3.8) is 0 Å². The Kier molecular flexibility index (Phi) is 5.70. The minimum Gasteiger partial charge on any atom is -0.459 e. The van der Waals surface area contributed by atoms with Crippen LogP contribution in [0.4, 0.5) is 31.3 Å². The van der Waals surface area contributed by atoms with Gasteiger partial charge >= 0.3 is 18.0 Å². The number of nitriles is 1. The molecule has 0 aliphatic heterocycles. The number of carbonyl (C=O) groups excluding carboxylic acids is 1. The topological polar surface area (TPSA) is 78.1 Å². The Morgan fingerprint density at radius 1 is 1.25 bits per heavy atom. The summed E-state index contributed by atoms with van der Waals surface area (Å²) in [6.45, 7) is 3.08. The highest BCUT2D eigenvalue weighted by atomic mass is 32.1. The standard InChI is InChI=1S/C16H13F6N3O2S/c1-3-9-8(2)28-13(10(9)7-23)25-14(15(17,18)19,16(20,21)22)24-12(26)11-5-4-6-27-11/h4-6,25H,3H2,1-2H3,(H,24,26). The highest BCUT2D eigenvalue weighted by molar-refractivity contribution is 7.16. The van der Waals surface area contributed by atoms with Gasteiger partial charge in [-0.2, -0.15) is 31.6 Å². The third-order valence-corrected chi connectivity index (χ3v) is 4.93. The Hall–Kier alpha value is -2.68. The molecule has 5 nitrogen and oxygen atoms in total. The lowest BCUT2D eigenvalue weighted by atomic mass is 10.1. The van der Waals surface area contributed by atoms with Crippen molar-refractivity contribution in [1.82, 2.24) is 5.32 Å². The van der Waals surface area contributed by atoms with Crippen LogP contribution in [0.2, 0.25) is 0 Å². The number of furan rings is 1. The van der Waals surface area contributed by atoms with Crippen LogP contribution >= 0.6 is 11.3 Å². The quantitative estimate of drug-likeness (QED) is 0.536. The van der Waals surface area contributed by atoms with Gasteiger partial charge in [0.25, 0.3) is 5.91 Å². The molecule has 1 amide bonds. The monoisotopic (exact) mass is 425 g/mol. The highest BCUT2D eigenvalue weighted by Gasteiger charge is 2.73. The van der Waals surface area contributed by atoms with E-state index in [1.165, 1.54) is 12.2 Å². The number of hydrogen-bond acceptors (Lipinski definition) is 5. The van der Waals surface area contributed by atoms with Gasteiger partial charge in [0.2, 0.25) is 0 Å². The lowest BCUT2D eigenvalue weighted by Crippen LogP contribution is -2.72. The number of carbonyl (C=O) groups is 1. The molecule has 0 aliphatic carbocycles. The number of amides is 1. The summed E-state index contributed by atoms with van der Waals surface area (Å²) >= 11 is 0.565. The third-order valence-electron chi connectivity index (χ3n) is 3.87. The van der Waals surface area contributed by atoms with Crippen molar-refractivity contribution in [1.29, 1.82) is 5.26 Å². The molecular formula is C16H13F6N3O2S. The smallest absolute Gasteiger partial charge is 0.439 e. The number of halogens is 6. The van der Waals surface area contributed by atoms with Gasteiger partial charge < -0.3 is 15.1 Å². The summed E-state index contributed by atoms with van der Waals surface area (Å²) in [5, 5.41) is 10.9. The van der Waals surface area contributed by atoms with Crippen molar-refractivity contribution in [2.75, 3.05) is 5.32 Å². The van der Waals surface area contributed by atoms with E-state index in [2.05, 4.69) is 4.42 Å². The van der Waals surface area contributed by atoms with Gasteiger partial charge in [-0.25, -0.2) is 0 Å². The zero-order chi connectivity index (χ0) is 21.3. The van der Waals surface area contributed by atoms with Crippen molar-refractivity contribution in [2.24, 2.45) is 0 Å². The van der Waals surface area contributed by atoms with Gasteiger partial charge in [-0.15, -0.1) is 11.3 Å². The average molecular weight is 425 g/mol. The van der Waals surface area contributed by atoms with Crippen LogP contribution in [0.25, 0.3) is 0 Å². The molecule has 0 atom stereocenters. The summed E-state index contributed by atoms with van der Waals surface area (Å²) < 4.78 is 86.6.